The molecule has 0 unspecified atom stereocenters. The number of hydrogen-bond acceptors (Lipinski definition) is 3. The highest BCUT2D eigenvalue weighted by molar-refractivity contribution is 5.45. The molecule has 0 radical (unpaired) electrons. The third-order valence-electron chi connectivity index (χ3n) is 6.61. The highest BCUT2D eigenvalue weighted by Gasteiger charge is 2.49. The number of likely N-dealkylation sites (tertiary alicyclic amines) is 1. The Morgan fingerprint density at radius 1 is 1.19 bits per heavy atom. The van der Waals surface area contributed by atoms with E-state index in [0.717, 1.165) is 38.8 Å². The van der Waals surface area contributed by atoms with Crippen molar-refractivity contribution in [2.24, 2.45) is 0 Å². The van der Waals surface area contributed by atoms with Crippen molar-refractivity contribution in [1.29, 1.82) is 0 Å². The van der Waals surface area contributed by atoms with Gasteiger partial charge < -0.3 is 15.3 Å². The van der Waals surface area contributed by atoms with E-state index in [2.05, 4.69) is 60.6 Å². The topological polar surface area (TPSA) is 35.5 Å². The van der Waals surface area contributed by atoms with Crippen molar-refractivity contribution in [2.75, 3.05) is 20.1 Å². The first kappa shape index (κ1) is 17.6. The maximum absolute atomic E-state index is 10.0. The fourth-order valence-corrected chi connectivity index (χ4v) is 5.04. The Hall–Kier alpha value is -1.84. The van der Waals surface area contributed by atoms with Crippen LogP contribution in [-0.2, 0) is 18.3 Å². The Morgan fingerprint density at radius 2 is 2.00 bits per heavy atom. The van der Waals surface area contributed by atoms with Gasteiger partial charge in [0.25, 0.3) is 0 Å². The van der Waals surface area contributed by atoms with Crippen molar-refractivity contribution in [3.05, 3.63) is 65.2 Å². The van der Waals surface area contributed by atoms with Crippen LogP contribution in [0.2, 0.25) is 0 Å². The number of likely N-dealkylation sites (N-methyl/N-ethyl adjacent to an activating group) is 1. The van der Waals surface area contributed by atoms with E-state index in [1.807, 2.05) is 12.1 Å². The minimum atomic E-state index is 0.0935. The van der Waals surface area contributed by atoms with Crippen LogP contribution in [-0.4, -0.2) is 42.2 Å². The molecule has 2 bridgehead atoms. The predicted octanol–water partition coefficient (Wildman–Crippen LogP) is 3.50. The van der Waals surface area contributed by atoms with Crippen molar-refractivity contribution in [3.8, 4) is 5.75 Å². The van der Waals surface area contributed by atoms with Crippen LogP contribution in [0, 0.1) is 0 Å². The molecule has 2 aromatic carbocycles. The van der Waals surface area contributed by atoms with Gasteiger partial charge in [-0.25, -0.2) is 0 Å². The number of nitrogens with zero attached hydrogens (tertiary/aromatic N) is 1. The molecule has 1 aliphatic carbocycles. The largest absolute Gasteiger partial charge is 0.508 e. The van der Waals surface area contributed by atoms with Gasteiger partial charge in [-0.2, -0.15) is 0 Å². The SMILES string of the molecule is CN1CC[C@]2(C)c3cc(O)ccc3C[C@@H]1[C@H]2NCCCc1ccccc1. The van der Waals surface area contributed by atoms with Crippen molar-refractivity contribution in [2.45, 2.75) is 50.1 Å². The summed E-state index contributed by atoms with van der Waals surface area (Å²) in [5.41, 5.74) is 4.26. The lowest BCUT2D eigenvalue weighted by molar-refractivity contribution is 0.0659. The summed E-state index contributed by atoms with van der Waals surface area (Å²) < 4.78 is 0. The van der Waals surface area contributed by atoms with Gasteiger partial charge in [0.15, 0.2) is 0 Å². The molecular weight excluding hydrogens is 320 g/mol. The zero-order valence-electron chi connectivity index (χ0n) is 15.9. The van der Waals surface area contributed by atoms with Crippen LogP contribution in [0.3, 0.4) is 0 Å². The van der Waals surface area contributed by atoms with E-state index in [9.17, 15) is 5.11 Å². The number of phenols is 1. The molecule has 0 spiro atoms. The average Bonchev–Trinajstić information content (AvgIpc) is 2.65. The standard InChI is InChI=1S/C23H30N2O/c1-23-12-14-25(2)21(15-18-10-11-19(26)16-20(18)23)22(23)24-13-6-9-17-7-4-3-5-8-17/h3-5,7-8,10-11,16,21-22,24,26H,6,9,12-15H2,1-2H3/t21-,22-,23-/m1/s1. The molecule has 2 aliphatic rings. The highest BCUT2D eigenvalue weighted by atomic mass is 16.3. The first-order chi connectivity index (χ1) is 12.6. The number of fused-ring (bicyclic) bond motifs is 4. The van der Waals surface area contributed by atoms with E-state index in [1.54, 1.807) is 0 Å². The van der Waals surface area contributed by atoms with Crippen LogP contribution in [0.1, 0.15) is 36.5 Å². The zero-order valence-corrected chi connectivity index (χ0v) is 15.9. The van der Waals surface area contributed by atoms with Crippen LogP contribution in [0.4, 0.5) is 0 Å². The number of piperidine rings is 1. The summed E-state index contributed by atoms with van der Waals surface area (Å²) in [4.78, 5) is 2.52. The molecule has 0 aromatic heterocycles. The van der Waals surface area contributed by atoms with Crippen molar-refractivity contribution >= 4 is 0 Å². The Balaban J connectivity index is 1.49. The number of benzene rings is 2. The number of nitrogens with one attached hydrogen (secondary N) is 1. The maximum Gasteiger partial charge on any atom is 0.115 e. The molecule has 1 fully saturated rings. The van der Waals surface area contributed by atoms with Gasteiger partial charge in [0, 0.05) is 17.5 Å². The Labute approximate surface area is 157 Å². The van der Waals surface area contributed by atoms with Gasteiger partial charge in [-0.15, -0.1) is 0 Å². The molecule has 3 heteroatoms. The summed E-state index contributed by atoms with van der Waals surface area (Å²) in [5, 5.41) is 13.9. The van der Waals surface area contributed by atoms with E-state index >= 15 is 0 Å². The number of rotatable bonds is 5. The van der Waals surface area contributed by atoms with Crippen LogP contribution in [0.5, 0.6) is 5.75 Å². The van der Waals surface area contributed by atoms with Crippen LogP contribution >= 0.6 is 0 Å². The van der Waals surface area contributed by atoms with Crippen LogP contribution in [0.15, 0.2) is 48.5 Å². The van der Waals surface area contributed by atoms with E-state index in [0.29, 0.717) is 17.8 Å². The lowest BCUT2D eigenvalue weighted by Gasteiger charge is -2.55. The monoisotopic (exact) mass is 350 g/mol. The Morgan fingerprint density at radius 3 is 2.81 bits per heavy atom. The predicted molar refractivity (Wildman–Crippen MR) is 107 cm³/mol. The Kier molecular flexibility index (Phi) is 4.76. The summed E-state index contributed by atoms with van der Waals surface area (Å²) in [6, 6.07) is 17.7. The van der Waals surface area contributed by atoms with E-state index in [4.69, 9.17) is 0 Å². The van der Waals surface area contributed by atoms with Gasteiger partial charge in [-0.3, -0.25) is 0 Å². The molecule has 1 heterocycles. The molecule has 2 aromatic rings. The number of phenolic OH excluding ortho intramolecular Hbond substituents is 1. The first-order valence-electron chi connectivity index (χ1n) is 9.88. The molecule has 3 nitrogen and oxygen atoms in total. The van der Waals surface area contributed by atoms with Gasteiger partial charge in [-0.1, -0.05) is 43.3 Å². The van der Waals surface area contributed by atoms with Gasteiger partial charge in [0.2, 0.25) is 0 Å². The number of aromatic hydroxyl groups is 1. The summed E-state index contributed by atoms with van der Waals surface area (Å²) >= 11 is 0. The fraction of sp³-hybridized carbons (Fsp3) is 0.478. The van der Waals surface area contributed by atoms with Gasteiger partial charge in [0.05, 0.1) is 0 Å². The van der Waals surface area contributed by atoms with E-state index < -0.39 is 0 Å². The second kappa shape index (κ2) is 7.05. The summed E-state index contributed by atoms with van der Waals surface area (Å²) in [7, 11) is 2.26. The zero-order chi connectivity index (χ0) is 18.1. The normalized spacial score (nSPS) is 27.9. The lowest BCUT2D eigenvalue weighted by atomic mass is 9.61. The second-order valence-electron chi connectivity index (χ2n) is 8.28. The summed E-state index contributed by atoms with van der Waals surface area (Å²) in [5.74, 6) is 0.394. The van der Waals surface area contributed by atoms with Crippen molar-refractivity contribution in [3.63, 3.8) is 0 Å². The summed E-state index contributed by atoms with van der Waals surface area (Å²) in [6.45, 7) is 4.55. The second-order valence-corrected chi connectivity index (χ2v) is 8.28. The lowest BCUT2D eigenvalue weighted by Crippen LogP contribution is -2.66. The molecule has 1 aliphatic heterocycles. The first-order valence-corrected chi connectivity index (χ1v) is 9.88. The molecule has 26 heavy (non-hydrogen) atoms. The molecule has 0 amide bonds. The molecule has 3 atom stereocenters. The minimum absolute atomic E-state index is 0.0935. The van der Waals surface area contributed by atoms with Crippen LogP contribution in [0.25, 0.3) is 0 Å². The van der Waals surface area contributed by atoms with E-state index in [-0.39, 0.29) is 5.41 Å². The molecule has 138 valence electrons. The third kappa shape index (κ3) is 3.15. The van der Waals surface area contributed by atoms with Gasteiger partial charge >= 0.3 is 0 Å². The Bertz CT molecular complexity index is 760. The maximum atomic E-state index is 10.0. The molecule has 4 rings (SSSR count). The third-order valence-corrected chi connectivity index (χ3v) is 6.61. The number of hydrogen-bond donors (Lipinski definition) is 2. The molecule has 0 saturated carbocycles. The fourth-order valence-electron chi connectivity index (χ4n) is 5.04. The molecular formula is C23H30N2O. The van der Waals surface area contributed by atoms with Crippen molar-refractivity contribution < 1.29 is 5.11 Å². The average molecular weight is 351 g/mol. The number of aryl methyl sites for hydroxylation is 1. The minimum Gasteiger partial charge on any atom is -0.508 e. The smallest absolute Gasteiger partial charge is 0.115 e. The van der Waals surface area contributed by atoms with E-state index in [1.165, 1.54) is 16.7 Å². The van der Waals surface area contributed by atoms with Gasteiger partial charge in [-0.05, 0) is 74.6 Å². The molecule has 1 saturated heterocycles. The quantitative estimate of drug-likeness (QED) is 0.810. The summed E-state index contributed by atoms with van der Waals surface area (Å²) in [6.07, 6.45) is 4.47. The molecule has 2 N–H and O–H groups in total. The van der Waals surface area contributed by atoms with Gasteiger partial charge in [0.1, 0.15) is 5.75 Å². The van der Waals surface area contributed by atoms with Crippen LogP contribution < -0.4 is 5.32 Å². The highest BCUT2D eigenvalue weighted by Crippen LogP contribution is 2.45. The van der Waals surface area contributed by atoms with Crippen molar-refractivity contribution in [1.82, 2.24) is 10.2 Å².